The molecule has 0 aliphatic rings. The number of aromatic amines is 1. The normalized spacial score (nSPS) is 11.3. The minimum Gasteiger partial charge on any atom is -0.341 e. The highest BCUT2D eigenvalue weighted by Gasteiger charge is 2.28. The summed E-state index contributed by atoms with van der Waals surface area (Å²) in [4.78, 5) is 32.4. The van der Waals surface area contributed by atoms with Gasteiger partial charge < -0.3 is 15.6 Å². The number of benzene rings is 2. The van der Waals surface area contributed by atoms with Crippen molar-refractivity contribution in [3.63, 3.8) is 0 Å². The van der Waals surface area contributed by atoms with Gasteiger partial charge in [0.05, 0.1) is 23.5 Å². The standard InChI is InChI=1S/C27H18F4N8O/c1-27(2,10-32)15-8-13(9-17(29)19(15)30)26(40)38-18-6-5-16(28)22(20(18)31)39-24-14(4-3-7-33-24)21-23-25(36-11-34-21)37-12-35-23/h3-9,11-12H,1-2H3,(H,33,39)(H,38,40)(H,34,35,36,37). The van der Waals surface area contributed by atoms with E-state index >= 15 is 4.39 Å². The molecular formula is C27H18F4N8O. The third-order valence-electron chi connectivity index (χ3n) is 6.11. The van der Waals surface area contributed by atoms with Crippen molar-refractivity contribution in [2.24, 2.45) is 0 Å². The van der Waals surface area contributed by atoms with Crippen LogP contribution in [0.25, 0.3) is 22.4 Å². The molecule has 5 rings (SSSR count). The molecule has 0 atom stereocenters. The second-order valence-corrected chi connectivity index (χ2v) is 9.14. The number of aromatic nitrogens is 5. The first kappa shape index (κ1) is 26.2. The molecule has 13 heteroatoms. The van der Waals surface area contributed by atoms with Crippen LogP contribution >= 0.6 is 0 Å². The number of hydrogen-bond acceptors (Lipinski definition) is 7. The lowest BCUT2D eigenvalue weighted by molar-refractivity contribution is 0.102. The van der Waals surface area contributed by atoms with Crippen LogP contribution in [0.15, 0.2) is 55.2 Å². The molecule has 9 nitrogen and oxygen atoms in total. The second-order valence-electron chi connectivity index (χ2n) is 9.14. The van der Waals surface area contributed by atoms with Crippen LogP contribution in [0.2, 0.25) is 0 Å². The molecule has 0 radical (unpaired) electrons. The largest absolute Gasteiger partial charge is 0.341 e. The molecule has 0 saturated heterocycles. The lowest BCUT2D eigenvalue weighted by Crippen LogP contribution is -2.20. The lowest BCUT2D eigenvalue weighted by atomic mass is 9.85. The molecule has 0 saturated carbocycles. The number of imidazole rings is 1. The summed E-state index contributed by atoms with van der Waals surface area (Å²) in [6.45, 7) is 2.71. The number of rotatable bonds is 6. The van der Waals surface area contributed by atoms with E-state index in [0.717, 1.165) is 18.2 Å². The number of nitrogens with one attached hydrogen (secondary N) is 3. The van der Waals surface area contributed by atoms with Crippen molar-refractivity contribution < 1.29 is 22.4 Å². The van der Waals surface area contributed by atoms with E-state index in [1.807, 2.05) is 6.07 Å². The summed E-state index contributed by atoms with van der Waals surface area (Å²) in [5.74, 6) is -5.77. The predicted octanol–water partition coefficient (Wildman–Crippen LogP) is 5.77. The predicted molar refractivity (Wildman–Crippen MR) is 138 cm³/mol. The van der Waals surface area contributed by atoms with Gasteiger partial charge in [-0.2, -0.15) is 5.26 Å². The molecule has 0 bridgehead atoms. The molecule has 0 fully saturated rings. The summed E-state index contributed by atoms with van der Waals surface area (Å²) in [6, 6.07) is 8.61. The fourth-order valence-electron chi connectivity index (χ4n) is 3.98. The van der Waals surface area contributed by atoms with Crippen LogP contribution in [-0.4, -0.2) is 30.8 Å². The van der Waals surface area contributed by atoms with Gasteiger partial charge in [0.1, 0.15) is 34.9 Å². The summed E-state index contributed by atoms with van der Waals surface area (Å²) in [7, 11) is 0. The zero-order valence-electron chi connectivity index (χ0n) is 20.9. The highest BCUT2D eigenvalue weighted by molar-refractivity contribution is 6.05. The van der Waals surface area contributed by atoms with Gasteiger partial charge in [-0.25, -0.2) is 37.5 Å². The van der Waals surface area contributed by atoms with E-state index in [-0.39, 0.29) is 16.9 Å². The van der Waals surface area contributed by atoms with Crippen molar-refractivity contribution in [3.8, 4) is 17.3 Å². The maximum absolute atomic E-state index is 15.5. The maximum atomic E-state index is 15.5. The number of carbonyl (C=O) groups excluding carboxylic acids is 1. The number of carbonyl (C=O) groups is 1. The highest BCUT2D eigenvalue weighted by atomic mass is 19.2. The Kier molecular flexibility index (Phi) is 6.60. The van der Waals surface area contributed by atoms with Crippen molar-refractivity contribution in [2.45, 2.75) is 19.3 Å². The van der Waals surface area contributed by atoms with E-state index in [2.05, 4.69) is 35.6 Å². The molecule has 0 aliphatic carbocycles. The molecule has 0 spiro atoms. The minimum absolute atomic E-state index is 0.0439. The van der Waals surface area contributed by atoms with E-state index < -0.39 is 46.0 Å². The molecule has 200 valence electrons. The van der Waals surface area contributed by atoms with Crippen LogP contribution < -0.4 is 10.6 Å². The molecule has 3 heterocycles. The number of H-pyrrole nitrogens is 1. The first-order valence-corrected chi connectivity index (χ1v) is 11.7. The molecule has 3 N–H and O–H groups in total. The Labute approximate surface area is 224 Å². The molecule has 0 unspecified atom stereocenters. The molecule has 0 aliphatic heterocycles. The number of amides is 1. The van der Waals surface area contributed by atoms with Crippen molar-refractivity contribution in [2.75, 3.05) is 10.6 Å². The SMILES string of the molecule is CC(C)(C#N)c1cc(C(=O)Nc2ccc(F)c(Nc3ncccc3-c3ncnc4nc[nH]c34)c2F)cc(F)c1F. The van der Waals surface area contributed by atoms with Gasteiger partial charge in [0, 0.05) is 22.9 Å². The van der Waals surface area contributed by atoms with Gasteiger partial charge in [-0.3, -0.25) is 4.79 Å². The average Bonchev–Trinajstić information content (AvgIpc) is 3.43. The smallest absolute Gasteiger partial charge is 0.255 e. The van der Waals surface area contributed by atoms with Gasteiger partial charge in [0.25, 0.3) is 5.91 Å². The van der Waals surface area contributed by atoms with Crippen molar-refractivity contribution in [1.82, 2.24) is 24.9 Å². The maximum Gasteiger partial charge on any atom is 0.255 e. The summed E-state index contributed by atoms with van der Waals surface area (Å²) < 4.78 is 59.0. The lowest BCUT2D eigenvalue weighted by Gasteiger charge is -2.18. The first-order chi connectivity index (χ1) is 19.1. The number of nitriles is 1. The number of fused-ring (bicyclic) bond motifs is 1. The van der Waals surface area contributed by atoms with Crippen LogP contribution in [-0.2, 0) is 5.41 Å². The van der Waals surface area contributed by atoms with Crippen molar-refractivity contribution in [3.05, 3.63) is 89.6 Å². The number of anilines is 3. The fourth-order valence-corrected chi connectivity index (χ4v) is 3.98. The Morgan fingerprint density at radius 1 is 1.00 bits per heavy atom. The number of hydrogen-bond donors (Lipinski definition) is 3. The van der Waals surface area contributed by atoms with Gasteiger partial charge in [-0.05, 0) is 50.2 Å². The van der Waals surface area contributed by atoms with E-state index in [9.17, 15) is 23.2 Å². The Bertz CT molecular complexity index is 1830. The molecule has 2 aromatic carbocycles. The zero-order chi connectivity index (χ0) is 28.6. The van der Waals surface area contributed by atoms with E-state index in [1.165, 1.54) is 32.7 Å². The number of halogens is 4. The van der Waals surface area contributed by atoms with E-state index in [0.29, 0.717) is 28.5 Å². The molecule has 1 amide bonds. The molecule has 3 aromatic heterocycles. The Morgan fingerprint density at radius 3 is 2.58 bits per heavy atom. The van der Waals surface area contributed by atoms with Gasteiger partial charge in [0.2, 0.25) is 0 Å². The molecule has 5 aromatic rings. The van der Waals surface area contributed by atoms with Crippen LogP contribution in [0, 0.1) is 34.6 Å². The summed E-state index contributed by atoms with van der Waals surface area (Å²) in [6.07, 6.45) is 4.12. The van der Waals surface area contributed by atoms with Crippen molar-refractivity contribution >= 4 is 34.3 Å². The monoisotopic (exact) mass is 546 g/mol. The summed E-state index contributed by atoms with van der Waals surface area (Å²) >= 11 is 0. The third kappa shape index (κ3) is 4.66. The first-order valence-electron chi connectivity index (χ1n) is 11.7. The van der Waals surface area contributed by atoms with Crippen molar-refractivity contribution in [1.29, 1.82) is 5.26 Å². The third-order valence-corrected chi connectivity index (χ3v) is 6.11. The second kappa shape index (κ2) is 10.1. The van der Waals surface area contributed by atoms with Crippen LogP contribution in [0.4, 0.5) is 34.8 Å². The minimum atomic E-state index is -1.45. The molecule has 40 heavy (non-hydrogen) atoms. The Balaban J connectivity index is 1.49. The van der Waals surface area contributed by atoms with E-state index in [1.54, 1.807) is 12.1 Å². The quantitative estimate of drug-likeness (QED) is 0.230. The van der Waals surface area contributed by atoms with Crippen LogP contribution in [0.3, 0.4) is 0 Å². The topological polar surface area (TPSA) is 132 Å². The van der Waals surface area contributed by atoms with Gasteiger partial charge >= 0.3 is 0 Å². The summed E-state index contributed by atoms with van der Waals surface area (Å²) in [5, 5.41) is 14.2. The van der Waals surface area contributed by atoms with Gasteiger partial charge in [-0.1, -0.05) is 0 Å². The molecular weight excluding hydrogens is 528 g/mol. The average molecular weight is 546 g/mol. The van der Waals surface area contributed by atoms with Crippen LogP contribution in [0.1, 0.15) is 29.8 Å². The Hall–Kier alpha value is -5.38. The number of pyridine rings is 1. The Morgan fingerprint density at radius 2 is 1.80 bits per heavy atom. The van der Waals surface area contributed by atoms with Crippen LogP contribution in [0.5, 0.6) is 0 Å². The van der Waals surface area contributed by atoms with Gasteiger partial charge in [-0.15, -0.1) is 0 Å². The van der Waals surface area contributed by atoms with Gasteiger partial charge in [0.15, 0.2) is 23.1 Å². The summed E-state index contributed by atoms with van der Waals surface area (Å²) in [5.41, 5.74) is -1.65. The zero-order valence-corrected chi connectivity index (χ0v) is 20.9. The highest BCUT2D eigenvalue weighted by Crippen LogP contribution is 2.34. The fraction of sp³-hybridized carbons (Fsp3) is 0.111. The van der Waals surface area contributed by atoms with E-state index in [4.69, 9.17) is 0 Å². The number of nitrogens with zero attached hydrogens (tertiary/aromatic N) is 5.